The van der Waals surface area contributed by atoms with E-state index in [4.69, 9.17) is 16.6 Å². The summed E-state index contributed by atoms with van der Waals surface area (Å²) >= 11 is 0. The second-order valence-corrected chi connectivity index (χ2v) is 3.52. The number of phenolic OH excluding ortho intramolecular Hbond substituents is 1. The van der Waals surface area contributed by atoms with Crippen LogP contribution >= 0.6 is 0 Å². The van der Waals surface area contributed by atoms with E-state index in [9.17, 15) is 9.59 Å². The maximum absolute atomic E-state index is 10.6. The predicted molar refractivity (Wildman–Crippen MR) is 68.6 cm³/mol. The van der Waals surface area contributed by atoms with E-state index in [0.29, 0.717) is 12.3 Å². The highest BCUT2D eigenvalue weighted by Gasteiger charge is 2.15. The van der Waals surface area contributed by atoms with Crippen LogP contribution in [-0.2, 0) is 9.59 Å². The predicted octanol–water partition coefficient (Wildman–Crippen LogP) is -0.283. The van der Waals surface area contributed by atoms with Crippen molar-refractivity contribution >= 4 is 11.8 Å². The number of aromatic hydroxyl groups is 1. The van der Waals surface area contributed by atoms with Crippen molar-refractivity contribution in [2.24, 2.45) is 11.5 Å². The van der Waals surface area contributed by atoms with Gasteiger partial charge in [-0.25, -0.2) is 0 Å². The van der Waals surface area contributed by atoms with Gasteiger partial charge in [0.25, 0.3) is 0 Å². The highest BCUT2D eigenvalue weighted by molar-refractivity contribution is 5.86. The molecule has 0 aliphatic carbocycles. The number of para-hydroxylation sites is 1. The van der Waals surface area contributed by atoms with Gasteiger partial charge in [0, 0.05) is 0 Å². The van der Waals surface area contributed by atoms with Crippen LogP contribution < -0.4 is 16.8 Å². The van der Waals surface area contributed by atoms with E-state index in [1.165, 1.54) is 0 Å². The van der Waals surface area contributed by atoms with Gasteiger partial charge in [-0.1, -0.05) is 25.1 Å². The van der Waals surface area contributed by atoms with Crippen LogP contribution in [0.4, 0.5) is 0 Å². The van der Waals surface area contributed by atoms with Crippen LogP contribution in [-0.4, -0.2) is 29.5 Å². The van der Waals surface area contributed by atoms with Crippen molar-refractivity contribution in [2.45, 2.75) is 19.4 Å². The first-order valence-corrected chi connectivity index (χ1v) is 5.52. The number of hydrogen-bond acceptors (Lipinski definition) is 4. The van der Waals surface area contributed by atoms with Crippen LogP contribution in [0.5, 0.6) is 5.75 Å². The fourth-order valence-corrected chi connectivity index (χ4v) is 1.15. The molecule has 1 atom stereocenters. The minimum Gasteiger partial charge on any atom is -0.508 e. The standard InChI is InChI=1S/C6H13N3O2.C6H6O/c1-2-9-4(6(8)11)3-5(7)10;7-6-4-2-1-3-5-6/h4,9H,2-3H2,1H3,(H2,7,10)(H2,8,11);1-5,7H/t4-;/m0./s1. The van der Waals surface area contributed by atoms with Gasteiger partial charge in [-0.3, -0.25) is 9.59 Å². The van der Waals surface area contributed by atoms with Crippen LogP contribution in [0, 0.1) is 0 Å². The lowest BCUT2D eigenvalue weighted by Crippen LogP contribution is -2.43. The van der Waals surface area contributed by atoms with E-state index < -0.39 is 17.9 Å². The molecule has 0 aliphatic rings. The second kappa shape index (κ2) is 9.00. The van der Waals surface area contributed by atoms with Crippen molar-refractivity contribution < 1.29 is 14.7 Å². The number of amides is 2. The third-order valence-electron chi connectivity index (χ3n) is 1.96. The van der Waals surface area contributed by atoms with Crippen molar-refractivity contribution in [3.05, 3.63) is 30.3 Å². The fraction of sp³-hybridized carbons (Fsp3) is 0.333. The molecule has 2 amide bonds. The zero-order chi connectivity index (χ0) is 14.0. The molecular weight excluding hydrogens is 234 g/mol. The van der Waals surface area contributed by atoms with Gasteiger partial charge in [-0.15, -0.1) is 0 Å². The number of nitrogens with two attached hydrogens (primary N) is 2. The number of carbonyl (C=O) groups excluding carboxylic acids is 2. The molecule has 1 aromatic carbocycles. The van der Waals surface area contributed by atoms with Gasteiger partial charge < -0.3 is 21.9 Å². The monoisotopic (exact) mass is 253 g/mol. The first-order chi connectivity index (χ1) is 8.47. The van der Waals surface area contributed by atoms with Gasteiger partial charge in [-0.2, -0.15) is 0 Å². The Balaban J connectivity index is 0.000000351. The summed E-state index contributed by atoms with van der Waals surface area (Å²) < 4.78 is 0. The molecule has 1 aromatic rings. The SMILES string of the molecule is CCN[C@@H](CC(N)=O)C(N)=O.Oc1ccccc1. The van der Waals surface area contributed by atoms with Crippen LogP contribution in [0.25, 0.3) is 0 Å². The summed E-state index contributed by atoms with van der Waals surface area (Å²) in [6.07, 6.45) is -0.0385. The van der Waals surface area contributed by atoms with Crippen molar-refractivity contribution in [1.82, 2.24) is 5.32 Å². The van der Waals surface area contributed by atoms with Gasteiger partial charge in [0.05, 0.1) is 12.5 Å². The zero-order valence-corrected chi connectivity index (χ0v) is 10.3. The molecule has 6 nitrogen and oxygen atoms in total. The molecule has 0 unspecified atom stereocenters. The summed E-state index contributed by atoms with van der Waals surface area (Å²) in [5.74, 6) is -0.761. The zero-order valence-electron chi connectivity index (χ0n) is 10.3. The molecule has 0 aromatic heterocycles. The molecule has 0 fully saturated rings. The van der Waals surface area contributed by atoms with Gasteiger partial charge in [0.2, 0.25) is 11.8 Å². The van der Waals surface area contributed by atoms with E-state index in [2.05, 4.69) is 5.32 Å². The van der Waals surface area contributed by atoms with Crippen LogP contribution in [0.15, 0.2) is 30.3 Å². The topological polar surface area (TPSA) is 118 Å². The normalized spacial score (nSPS) is 10.9. The molecule has 18 heavy (non-hydrogen) atoms. The Morgan fingerprint density at radius 1 is 1.28 bits per heavy atom. The van der Waals surface area contributed by atoms with Crippen LogP contribution in [0.2, 0.25) is 0 Å². The Morgan fingerprint density at radius 3 is 2.11 bits per heavy atom. The Morgan fingerprint density at radius 2 is 1.83 bits per heavy atom. The number of carbonyl (C=O) groups is 2. The second-order valence-electron chi connectivity index (χ2n) is 3.52. The lowest BCUT2D eigenvalue weighted by atomic mass is 10.2. The Kier molecular flexibility index (Phi) is 7.96. The molecule has 6 heteroatoms. The van der Waals surface area contributed by atoms with Crippen molar-refractivity contribution in [3.8, 4) is 5.75 Å². The molecule has 0 saturated carbocycles. The average Bonchev–Trinajstić information content (AvgIpc) is 2.29. The number of primary amides is 2. The smallest absolute Gasteiger partial charge is 0.235 e. The molecule has 0 aliphatic heterocycles. The number of nitrogens with one attached hydrogen (secondary N) is 1. The van der Waals surface area contributed by atoms with Gasteiger partial charge in [0.15, 0.2) is 0 Å². The summed E-state index contributed by atoms with van der Waals surface area (Å²) in [5.41, 5.74) is 9.84. The molecule has 0 saturated heterocycles. The van der Waals surface area contributed by atoms with E-state index in [1.807, 2.05) is 13.0 Å². The molecular formula is C12H19N3O3. The Hall–Kier alpha value is -2.08. The number of phenols is 1. The van der Waals surface area contributed by atoms with E-state index >= 15 is 0 Å². The Bertz CT molecular complexity index is 368. The average molecular weight is 253 g/mol. The van der Waals surface area contributed by atoms with Crippen molar-refractivity contribution in [1.29, 1.82) is 0 Å². The number of rotatable bonds is 5. The molecule has 0 heterocycles. The van der Waals surface area contributed by atoms with Gasteiger partial charge in [-0.05, 0) is 18.7 Å². The maximum atomic E-state index is 10.6. The fourth-order valence-electron chi connectivity index (χ4n) is 1.15. The lowest BCUT2D eigenvalue weighted by Gasteiger charge is -2.10. The van der Waals surface area contributed by atoms with Gasteiger partial charge >= 0.3 is 0 Å². The van der Waals surface area contributed by atoms with Crippen LogP contribution in [0.1, 0.15) is 13.3 Å². The van der Waals surface area contributed by atoms with Crippen LogP contribution in [0.3, 0.4) is 0 Å². The largest absolute Gasteiger partial charge is 0.508 e. The first-order valence-electron chi connectivity index (χ1n) is 5.52. The molecule has 1 rings (SSSR count). The summed E-state index contributed by atoms with van der Waals surface area (Å²) in [6, 6.07) is 8.09. The van der Waals surface area contributed by atoms with Crippen molar-refractivity contribution in [3.63, 3.8) is 0 Å². The summed E-state index contributed by atoms with van der Waals surface area (Å²) in [5, 5.41) is 11.4. The molecule has 0 spiro atoms. The summed E-state index contributed by atoms with van der Waals surface area (Å²) in [4.78, 5) is 20.9. The molecule has 6 N–H and O–H groups in total. The van der Waals surface area contributed by atoms with Crippen molar-refractivity contribution in [2.75, 3.05) is 6.54 Å². The molecule has 100 valence electrons. The van der Waals surface area contributed by atoms with E-state index in [-0.39, 0.29) is 6.42 Å². The summed E-state index contributed by atoms with van der Waals surface area (Å²) in [7, 11) is 0. The number of likely N-dealkylation sites (N-methyl/N-ethyl adjacent to an activating group) is 1. The highest BCUT2D eigenvalue weighted by atomic mass is 16.3. The summed E-state index contributed by atoms with van der Waals surface area (Å²) in [6.45, 7) is 2.40. The third kappa shape index (κ3) is 8.12. The Labute approximate surface area is 106 Å². The number of benzene rings is 1. The lowest BCUT2D eigenvalue weighted by molar-refractivity contribution is -0.125. The molecule has 0 radical (unpaired) electrons. The highest BCUT2D eigenvalue weighted by Crippen LogP contribution is 2.02. The minimum absolute atomic E-state index is 0.0385. The maximum Gasteiger partial charge on any atom is 0.235 e. The van der Waals surface area contributed by atoms with Gasteiger partial charge in [0.1, 0.15) is 5.75 Å². The first kappa shape index (κ1) is 15.9. The van der Waals surface area contributed by atoms with E-state index in [0.717, 1.165) is 0 Å². The van der Waals surface area contributed by atoms with E-state index in [1.54, 1.807) is 24.3 Å². The third-order valence-corrected chi connectivity index (χ3v) is 1.96. The number of hydrogen-bond donors (Lipinski definition) is 4. The molecule has 0 bridgehead atoms. The minimum atomic E-state index is -0.627. The quantitative estimate of drug-likeness (QED) is 0.577.